The van der Waals surface area contributed by atoms with E-state index < -0.39 is 0 Å². The van der Waals surface area contributed by atoms with Crippen molar-refractivity contribution < 1.29 is 9.59 Å². The van der Waals surface area contributed by atoms with E-state index in [0.717, 1.165) is 43.5 Å². The van der Waals surface area contributed by atoms with Crippen LogP contribution < -0.4 is 11.1 Å². The summed E-state index contributed by atoms with van der Waals surface area (Å²) < 4.78 is 0. The van der Waals surface area contributed by atoms with Crippen LogP contribution in [0.15, 0.2) is 24.3 Å². The van der Waals surface area contributed by atoms with Crippen molar-refractivity contribution in [2.75, 3.05) is 25.4 Å². The predicted molar refractivity (Wildman–Crippen MR) is 96.3 cm³/mol. The molecule has 1 fully saturated rings. The number of hydrogen-bond acceptors (Lipinski definition) is 3. The molecule has 5 nitrogen and oxygen atoms in total. The second-order valence-electron chi connectivity index (χ2n) is 6.72. The highest BCUT2D eigenvalue weighted by Crippen LogP contribution is 2.19. The van der Waals surface area contributed by atoms with Crippen LogP contribution in [-0.4, -0.2) is 36.3 Å². The molecule has 0 aromatic heterocycles. The summed E-state index contributed by atoms with van der Waals surface area (Å²) in [6, 6.07) is 7.70. The largest absolute Gasteiger partial charge is 0.399 e. The highest BCUT2D eigenvalue weighted by Gasteiger charge is 2.29. The maximum absolute atomic E-state index is 12.4. The number of rotatable bonds is 6. The highest BCUT2D eigenvalue weighted by atomic mass is 16.2. The number of amides is 2. The van der Waals surface area contributed by atoms with Gasteiger partial charge in [-0.25, -0.2) is 0 Å². The second kappa shape index (κ2) is 8.71. The van der Waals surface area contributed by atoms with Gasteiger partial charge in [0.2, 0.25) is 11.8 Å². The third kappa shape index (κ3) is 4.98. The number of piperidine rings is 1. The van der Waals surface area contributed by atoms with Crippen LogP contribution in [0.1, 0.15) is 38.7 Å². The number of nitrogens with one attached hydrogen (secondary N) is 1. The minimum Gasteiger partial charge on any atom is -0.399 e. The molecule has 1 aliphatic rings. The summed E-state index contributed by atoms with van der Waals surface area (Å²) >= 11 is 0. The first-order chi connectivity index (χ1) is 11.5. The van der Waals surface area contributed by atoms with Crippen molar-refractivity contribution in [1.82, 2.24) is 10.2 Å². The lowest BCUT2D eigenvalue weighted by molar-refractivity contribution is -0.138. The van der Waals surface area contributed by atoms with E-state index in [1.165, 1.54) is 0 Å². The lowest BCUT2D eigenvalue weighted by atomic mass is 9.95. The molecule has 1 heterocycles. The fraction of sp³-hybridized carbons (Fsp3) is 0.579. The first-order valence-corrected chi connectivity index (χ1v) is 8.92. The zero-order valence-electron chi connectivity index (χ0n) is 14.8. The Morgan fingerprint density at radius 1 is 1.33 bits per heavy atom. The summed E-state index contributed by atoms with van der Waals surface area (Å²) in [4.78, 5) is 26.6. The minimum absolute atomic E-state index is 0.0392. The van der Waals surface area contributed by atoms with Gasteiger partial charge >= 0.3 is 0 Å². The molecule has 3 N–H and O–H groups in total. The third-order valence-corrected chi connectivity index (χ3v) is 4.83. The maximum atomic E-state index is 12.4. The molecule has 1 aromatic carbocycles. The normalized spacial score (nSPS) is 18.9. The third-order valence-electron chi connectivity index (χ3n) is 4.83. The van der Waals surface area contributed by atoms with E-state index >= 15 is 0 Å². The van der Waals surface area contributed by atoms with E-state index in [-0.39, 0.29) is 23.7 Å². The van der Waals surface area contributed by atoms with Gasteiger partial charge in [0.05, 0.1) is 5.92 Å². The monoisotopic (exact) mass is 331 g/mol. The predicted octanol–water partition coefficient (Wildman–Crippen LogP) is 2.21. The van der Waals surface area contributed by atoms with E-state index in [2.05, 4.69) is 5.32 Å². The van der Waals surface area contributed by atoms with Gasteiger partial charge in [-0.2, -0.15) is 0 Å². The molecule has 2 atom stereocenters. The lowest BCUT2D eigenvalue weighted by Crippen LogP contribution is -2.47. The van der Waals surface area contributed by atoms with Gasteiger partial charge in [-0.3, -0.25) is 9.59 Å². The van der Waals surface area contributed by atoms with Crippen LogP contribution in [0.2, 0.25) is 0 Å². The van der Waals surface area contributed by atoms with E-state index in [4.69, 9.17) is 5.73 Å². The molecule has 0 spiro atoms. The molecule has 2 unspecified atom stereocenters. The molecular weight excluding hydrogens is 302 g/mol. The average molecular weight is 331 g/mol. The maximum Gasteiger partial charge on any atom is 0.225 e. The Bertz CT molecular complexity index is 556. The van der Waals surface area contributed by atoms with Crippen LogP contribution in [-0.2, 0) is 16.0 Å². The van der Waals surface area contributed by atoms with Crippen molar-refractivity contribution in [3.8, 4) is 0 Å². The fourth-order valence-electron chi connectivity index (χ4n) is 3.04. The number of carbonyl (C=O) groups is 2. The summed E-state index contributed by atoms with van der Waals surface area (Å²) in [5.41, 5.74) is 7.57. The van der Waals surface area contributed by atoms with Gasteiger partial charge in [0.25, 0.3) is 0 Å². The second-order valence-corrected chi connectivity index (χ2v) is 6.72. The van der Waals surface area contributed by atoms with Gasteiger partial charge in [-0.1, -0.05) is 26.0 Å². The van der Waals surface area contributed by atoms with Crippen LogP contribution in [0.25, 0.3) is 0 Å². The van der Waals surface area contributed by atoms with Crippen LogP contribution in [0.3, 0.4) is 0 Å². The number of hydrogen-bond donors (Lipinski definition) is 2. The molecule has 1 saturated heterocycles. The van der Waals surface area contributed by atoms with Gasteiger partial charge in [-0.15, -0.1) is 0 Å². The Balaban J connectivity index is 1.79. The molecule has 0 bridgehead atoms. The summed E-state index contributed by atoms with van der Waals surface area (Å²) in [6.07, 6.45) is 3.39. The molecule has 1 aliphatic heterocycles. The molecule has 0 radical (unpaired) electrons. The number of benzene rings is 1. The van der Waals surface area contributed by atoms with Crippen molar-refractivity contribution in [2.45, 2.75) is 39.5 Å². The van der Waals surface area contributed by atoms with Crippen molar-refractivity contribution in [1.29, 1.82) is 0 Å². The first kappa shape index (κ1) is 18.3. The fourth-order valence-corrected chi connectivity index (χ4v) is 3.04. The van der Waals surface area contributed by atoms with Crippen molar-refractivity contribution >= 4 is 17.5 Å². The number of nitrogens with two attached hydrogens (primary N) is 1. The molecule has 132 valence electrons. The van der Waals surface area contributed by atoms with Crippen LogP contribution in [0.5, 0.6) is 0 Å². The SMILES string of the molecule is CCC(C)C(=O)N1CCCC(C(=O)NCCc2ccc(N)cc2)C1. The summed E-state index contributed by atoms with van der Waals surface area (Å²) in [5, 5.41) is 3.01. The van der Waals surface area contributed by atoms with E-state index in [1.54, 1.807) is 0 Å². The van der Waals surface area contributed by atoms with Gasteiger partial charge in [0.1, 0.15) is 0 Å². The highest BCUT2D eigenvalue weighted by molar-refractivity contribution is 5.82. The average Bonchev–Trinajstić information content (AvgIpc) is 2.62. The Hall–Kier alpha value is -2.04. The van der Waals surface area contributed by atoms with Gasteiger partial charge in [-0.05, 0) is 43.4 Å². The van der Waals surface area contributed by atoms with Gasteiger partial charge in [0, 0.05) is 31.2 Å². The van der Waals surface area contributed by atoms with E-state index in [9.17, 15) is 9.59 Å². The Labute approximate surface area is 144 Å². The summed E-state index contributed by atoms with van der Waals surface area (Å²) in [5.74, 6) is 0.194. The molecule has 1 aromatic rings. The molecule has 2 rings (SSSR count). The van der Waals surface area contributed by atoms with Crippen molar-refractivity contribution in [3.63, 3.8) is 0 Å². The molecule has 24 heavy (non-hydrogen) atoms. The molecular formula is C19H29N3O2. The minimum atomic E-state index is -0.0850. The molecule has 5 heteroatoms. The molecule has 0 saturated carbocycles. The Kier molecular flexibility index (Phi) is 6.64. The number of anilines is 1. The standard InChI is InChI=1S/C19H29N3O2/c1-3-14(2)19(24)22-12-4-5-16(13-22)18(23)21-11-10-15-6-8-17(20)9-7-15/h6-9,14,16H,3-5,10-13,20H2,1-2H3,(H,21,23). The van der Waals surface area contributed by atoms with Crippen LogP contribution in [0.4, 0.5) is 5.69 Å². The van der Waals surface area contributed by atoms with E-state index in [1.807, 2.05) is 43.0 Å². The number of nitrogen functional groups attached to an aromatic ring is 1. The number of nitrogens with zero attached hydrogens (tertiary/aromatic N) is 1. The molecule has 2 amide bonds. The smallest absolute Gasteiger partial charge is 0.225 e. The van der Waals surface area contributed by atoms with Crippen molar-refractivity contribution in [3.05, 3.63) is 29.8 Å². The summed E-state index contributed by atoms with van der Waals surface area (Å²) in [7, 11) is 0. The van der Waals surface area contributed by atoms with Crippen LogP contribution in [0, 0.1) is 11.8 Å². The first-order valence-electron chi connectivity index (χ1n) is 8.92. The lowest BCUT2D eigenvalue weighted by Gasteiger charge is -2.33. The van der Waals surface area contributed by atoms with Gasteiger partial charge < -0.3 is 16.0 Å². The Morgan fingerprint density at radius 2 is 2.04 bits per heavy atom. The molecule has 0 aliphatic carbocycles. The topological polar surface area (TPSA) is 75.4 Å². The Morgan fingerprint density at radius 3 is 2.71 bits per heavy atom. The quantitative estimate of drug-likeness (QED) is 0.785. The van der Waals surface area contributed by atoms with E-state index in [0.29, 0.717) is 13.1 Å². The number of carbonyl (C=O) groups excluding carboxylic acids is 2. The van der Waals surface area contributed by atoms with Crippen LogP contribution >= 0.6 is 0 Å². The summed E-state index contributed by atoms with van der Waals surface area (Å²) in [6.45, 7) is 5.92. The zero-order valence-corrected chi connectivity index (χ0v) is 14.8. The zero-order chi connectivity index (χ0) is 17.5. The number of likely N-dealkylation sites (tertiary alicyclic amines) is 1. The van der Waals surface area contributed by atoms with Crippen molar-refractivity contribution in [2.24, 2.45) is 11.8 Å². The van der Waals surface area contributed by atoms with Gasteiger partial charge in [0.15, 0.2) is 0 Å².